The zero-order valence-electron chi connectivity index (χ0n) is 14.5. The van der Waals surface area contributed by atoms with Crippen LogP contribution in [0.2, 0.25) is 0 Å². The number of primary amides is 1. The average Bonchev–Trinajstić information content (AvgIpc) is 2.66. The van der Waals surface area contributed by atoms with E-state index in [9.17, 15) is 9.59 Å². The van der Waals surface area contributed by atoms with Crippen molar-refractivity contribution in [1.82, 2.24) is 4.90 Å². The molecule has 0 heterocycles. The van der Waals surface area contributed by atoms with Gasteiger partial charge in [-0.25, -0.2) is 0 Å². The maximum atomic E-state index is 12.9. The molecular weight excluding hydrogens is 344 g/mol. The Morgan fingerprint density at radius 1 is 0.962 bits per heavy atom. The third-order valence-electron chi connectivity index (χ3n) is 4.12. The molecule has 0 aliphatic heterocycles. The Hall–Kier alpha value is -2.79. The van der Waals surface area contributed by atoms with Crippen LogP contribution >= 0.6 is 11.8 Å². The maximum absolute atomic E-state index is 12.9. The minimum absolute atomic E-state index is 0.0782. The van der Waals surface area contributed by atoms with Crippen LogP contribution in [-0.2, 0) is 11.3 Å². The Bertz CT molecular complexity index is 950. The van der Waals surface area contributed by atoms with Gasteiger partial charge in [0.1, 0.15) is 0 Å². The molecule has 2 amide bonds. The van der Waals surface area contributed by atoms with Gasteiger partial charge in [0.2, 0.25) is 5.91 Å². The molecule has 5 heteroatoms. The molecule has 0 atom stereocenters. The number of rotatable bonds is 6. The average molecular weight is 364 g/mol. The number of amides is 2. The highest BCUT2D eigenvalue weighted by atomic mass is 32.2. The van der Waals surface area contributed by atoms with Gasteiger partial charge in [-0.2, -0.15) is 0 Å². The predicted molar refractivity (Wildman–Crippen MR) is 106 cm³/mol. The smallest absolute Gasteiger partial charge is 0.255 e. The van der Waals surface area contributed by atoms with Crippen LogP contribution in [0.15, 0.2) is 71.6 Å². The number of carbonyl (C=O) groups is 2. The Kier molecular flexibility index (Phi) is 5.58. The van der Waals surface area contributed by atoms with Gasteiger partial charge in [-0.05, 0) is 28.5 Å². The van der Waals surface area contributed by atoms with Crippen LogP contribution in [0.1, 0.15) is 15.9 Å². The number of hydrogen-bond acceptors (Lipinski definition) is 3. The third-order valence-corrected chi connectivity index (χ3v) is 5.22. The summed E-state index contributed by atoms with van der Waals surface area (Å²) in [5, 5.41) is 2.30. The van der Waals surface area contributed by atoms with Crippen LogP contribution in [0.3, 0.4) is 0 Å². The van der Waals surface area contributed by atoms with Gasteiger partial charge >= 0.3 is 0 Å². The highest BCUT2D eigenvalue weighted by Crippen LogP contribution is 2.25. The third kappa shape index (κ3) is 4.06. The van der Waals surface area contributed by atoms with Crippen molar-refractivity contribution in [1.29, 1.82) is 0 Å². The van der Waals surface area contributed by atoms with Gasteiger partial charge in [0, 0.05) is 18.5 Å². The summed E-state index contributed by atoms with van der Waals surface area (Å²) in [4.78, 5) is 26.5. The van der Waals surface area contributed by atoms with Crippen LogP contribution in [0.25, 0.3) is 10.8 Å². The lowest BCUT2D eigenvalue weighted by Crippen LogP contribution is -2.27. The number of hydrogen-bond donors (Lipinski definition) is 1. The van der Waals surface area contributed by atoms with Crippen LogP contribution in [-0.4, -0.2) is 29.5 Å². The monoisotopic (exact) mass is 364 g/mol. The van der Waals surface area contributed by atoms with Gasteiger partial charge in [-0.15, -0.1) is 11.8 Å². The minimum Gasteiger partial charge on any atom is -0.369 e. The summed E-state index contributed by atoms with van der Waals surface area (Å²) in [6, 6.07) is 21.6. The van der Waals surface area contributed by atoms with Crippen molar-refractivity contribution < 1.29 is 9.59 Å². The van der Waals surface area contributed by atoms with Crippen LogP contribution < -0.4 is 5.73 Å². The first-order valence-corrected chi connectivity index (χ1v) is 9.27. The topological polar surface area (TPSA) is 63.4 Å². The molecule has 3 rings (SSSR count). The van der Waals surface area contributed by atoms with Crippen molar-refractivity contribution in [3.63, 3.8) is 0 Å². The van der Waals surface area contributed by atoms with Crippen LogP contribution in [0, 0.1) is 0 Å². The molecule has 26 heavy (non-hydrogen) atoms. The van der Waals surface area contributed by atoms with Crippen molar-refractivity contribution in [2.24, 2.45) is 5.73 Å². The van der Waals surface area contributed by atoms with Gasteiger partial charge in [0.05, 0.1) is 11.3 Å². The summed E-state index contributed by atoms with van der Waals surface area (Å²) in [6.45, 7) is 0.509. The summed E-state index contributed by atoms with van der Waals surface area (Å²) in [7, 11) is 1.79. The first-order chi connectivity index (χ1) is 12.6. The quantitative estimate of drug-likeness (QED) is 0.679. The first kappa shape index (κ1) is 18.0. The Labute approximate surface area is 157 Å². The zero-order valence-corrected chi connectivity index (χ0v) is 15.3. The summed E-state index contributed by atoms with van der Waals surface area (Å²) >= 11 is 1.29. The van der Waals surface area contributed by atoms with E-state index < -0.39 is 5.91 Å². The molecule has 132 valence electrons. The zero-order chi connectivity index (χ0) is 18.5. The molecule has 2 N–H and O–H groups in total. The molecule has 0 aliphatic rings. The minimum atomic E-state index is -0.402. The van der Waals surface area contributed by atoms with Crippen molar-refractivity contribution >= 4 is 34.3 Å². The fourth-order valence-electron chi connectivity index (χ4n) is 2.88. The largest absolute Gasteiger partial charge is 0.369 e. The molecule has 4 nitrogen and oxygen atoms in total. The Morgan fingerprint density at radius 3 is 2.46 bits per heavy atom. The number of benzene rings is 3. The first-order valence-electron chi connectivity index (χ1n) is 8.28. The normalized spacial score (nSPS) is 10.7. The molecule has 3 aromatic rings. The van der Waals surface area contributed by atoms with Crippen molar-refractivity contribution in [3.8, 4) is 0 Å². The van der Waals surface area contributed by atoms with Crippen molar-refractivity contribution in [2.75, 3.05) is 12.8 Å². The molecule has 0 saturated heterocycles. The van der Waals surface area contributed by atoms with Crippen molar-refractivity contribution in [2.45, 2.75) is 11.4 Å². The molecule has 0 saturated carbocycles. The van der Waals surface area contributed by atoms with Gasteiger partial charge in [0.15, 0.2) is 0 Å². The molecule has 3 aromatic carbocycles. The lowest BCUT2D eigenvalue weighted by molar-refractivity contribution is -0.115. The summed E-state index contributed by atoms with van der Waals surface area (Å²) in [6.07, 6.45) is 0. The molecule has 0 radical (unpaired) electrons. The fourth-order valence-corrected chi connectivity index (χ4v) is 3.66. The van der Waals surface area contributed by atoms with Gasteiger partial charge in [-0.1, -0.05) is 54.6 Å². The summed E-state index contributed by atoms with van der Waals surface area (Å²) < 4.78 is 0. The highest BCUT2D eigenvalue weighted by molar-refractivity contribution is 8.00. The van der Waals surface area contributed by atoms with E-state index in [1.165, 1.54) is 11.8 Å². The number of nitrogens with zero attached hydrogens (tertiary/aromatic N) is 1. The second-order valence-corrected chi connectivity index (χ2v) is 7.07. The molecule has 0 unspecified atom stereocenters. The van der Waals surface area contributed by atoms with E-state index in [0.29, 0.717) is 12.1 Å². The van der Waals surface area contributed by atoms with Crippen LogP contribution in [0.5, 0.6) is 0 Å². The van der Waals surface area contributed by atoms with Gasteiger partial charge < -0.3 is 10.6 Å². The van der Waals surface area contributed by atoms with E-state index in [1.54, 1.807) is 18.0 Å². The van der Waals surface area contributed by atoms with E-state index >= 15 is 0 Å². The molecule has 0 spiro atoms. The summed E-state index contributed by atoms with van der Waals surface area (Å²) in [5.74, 6) is -0.330. The van der Waals surface area contributed by atoms with Gasteiger partial charge in [0.25, 0.3) is 5.91 Å². The van der Waals surface area contributed by atoms with E-state index in [4.69, 9.17) is 5.73 Å². The number of fused-ring (bicyclic) bond motifs is 1. The molecule has 0 aliphatic carbocycles. The van der Waals surface area contributed by atoms with E-state index in [-0.39, 0.29) is 11.7 Å². The number of carbonyl (C=O) groups excluding carboxylic acids is 2. The fraction of sp³-hybridized carbons (Fsp3) is 0.143. The SMILES string of the molecule is CN(Cc1cccc2ccccc12)C(=O)c1ccccc1SCC(N)=O. The second kappa shape index (κ2) is 8.06. The molecule has 0 bridgehead atoms. The lowest BCUT2D eigenvalue weighted by Gasteiger charge is -2.20. The summed E-state index contributed by atoms with van der Waals surface area (Å²) in [5.41, 5.74) is 6.91. The lowest BCUT2D eigenvalue weighted by atomic mass is 10.0. The Morgan fingerprint density at radius 2 is 1.65 bits per heavy atom. The van der Waals surface area contributed by atoms with E-state index in [2.05, 4.69) is 18.2 Å². The van der Waals surface area contributed by atoms with Crippen LogP contribution in [0.4, 0.5) is 0 Å². The molecule has 0 aromatic heterocycles. The van der Waals surface area contributed by atoms with E-state index in [0.717, 1.165) is 21.2 Å². The Balaban J connectivity index is 1.83. The van der Waals surface area contributed by atoms with E-state index in [1.807, 2.05) is 42.5 Å². The predicted octanol–water partition coefficient (Wildman–Crippen LogP) is 3.69. The molecule has 0 fully saturated rings. The highest BCUT2D eigenvalue weighted by Gasteiger charge is 2.17. The standard InChI is InChI=1S/C21H20N2O2S/c1-23(13-16-9-6-8-15-7-2-3-10-17(15)16)21(25)18-11-4-5-12-19(18)26-14-20(22)24/h2-12H,13-14H2,1H3,(H2,22,24). The van der Waals surface area contributed by atoms with Gasteiger partial charge in [-0.3, -0.25) is 9.59 Å². The maximum Gasteiger partial charge on any atom is 0.255 e. The molecular formula is C21H20N2O2S. The number of nitrogens with two attached hydrogens (primary N) is 1. The van der Waals surface area contributed by atoms with Crippen molar-refractivity contribution in [3.05, 3.63) is 77.9 Å². The number of thioether (sulfide) groups is 1. The second-order valence-electron chi connectivity index (χ2n) is 6.05.